The summed E-state index contributed by atoms with van der Waals surface area (Å²) in [5.74, 6) is -0.402. The van der Waals surface area contributed by atoms with Crippen LogP contribution in [0.3, 0.4) is 0 Å². The summed E-state index contributed by atoms with van der Waals surface area (Å²) in [5, 5.41) is 2.93. The minimum atomic E-state index is -0.402. The number of aryl methyl sites for hydroxylation is 1. The Balaban J connectivity index is 2.41. The molecule has 0 radical (unpaired) electrons. The highest BCUT2D eigenvalue weighted by Gasteiger charge is 2.16. The lowest BCUT2D eigenvalue weighted by atomic mass is 10.3. The Morgan fingerprint density at radius 3 is 2.88 bits per heavy atom. The van der Waals surface area contributed by atoms with E-state index in [2.05, 4.69) is 9.72 Å². The number of anilines is 1. The molecule has 0 fully saturated rings. The van der Waals surface area contributed by atoms with Crippen molar-refractivity contribution in [3.05, 3.63) is 21.3 Å². The molecule has 84 valence electrons. The predicted octanol–water partition coefficient (Wildman–Crippen LogP) is 2.55. The Hall–Kier alpha value is -1.40. The number of hydrogen-bond acceptors (Lipinski definition) is 6. The van der Waals surface area contributed by atoms with Crippen molar-refractivity contribution in [2.75, 3.05) is 12.8 Å². The Labute approximate surface area is 101 Å². The molecule has 2 N–H and O–H groups in total. The highest BCUT2D eigenvalue weighted by molar-refractivity contribution is 7.18. The number of thiazole rings is 1. The molecule has 0 atom stereocenters. The van der Waals surface area contributed by atoms with Gasteiger partial charge in [0, 0.05) is 5.38 Å². The fourth-order valence-corrected chi connectivity index (χ4v) is 2.91. The number of aromatic nitrogens is 1. The van der Waals surface area contributed by atoms with Gasteiger partial charge in [-0.25, -0.2) is 9.78 Å². The number of hydrogen-bond donors (Lipinski definition) is 1. The molecule has 6 heteroatoms. The van der Waals surface area contributed by atoms with Crippen LogP contribution in [0.1, 0.15) is 14.7 Å². The second-order valence-electron chi connectivity index (χ2n) is 3.14. The van der Waals surface area contributed by atoms with Gasteiger partial charge in [0.2, 0.25) is 0 Å². The Morgan fingerprint density at radius 2 is 2.31 bits per heavy atom. The van der Waals surface area contributed by atoms with Gasteiger partial charge in [0.1, 0.15) is 4.88 Å². The van der Waals surface area contributed by atoms with E-state index in [0.29, 0.717) is 10.6 Å². The molecule has 0 aromatic carbocycles. The molecule has 2 aromatic heterocycles. The zero-order chi connectivity index (χ0) is 11.7. The van der Waals surface area contributed by atoms with Crippen LogP contribution in [0.4, 0.5) is 5.69 Å². The van der Waals surface area contributed by atoms with Gasteiger partial charge in [0.25, 0.3) is 0 Å². The Kier molecular flexibility index (Phi) is 2.93. The van der Waals surface area contributed by atoms with E-state index in [9.17, 15) is 4.79 Å². The highest BCUT2D eigenvalue weighted by Crippen LogP contribution is 2.33. The van der Waals surface area contributed by atoms with Crippen LogP contribution in [0.15, 0.2) is 11.4 Å². The Bertz CT molecular complexity index is 531. The summed E-state index contributed by atoms with van der Waals surface area (Å²) >= 11 is 2.87. The number of esters is 1. The van der Waals surface area contributed by atoms with E-state index in [1.807, 2.05) is 12.3 Å². The first-order valence-corrected chi connectivity index (χ1v) is 6.21. The van der Waals surface area contributed by atoms with Crippen molar-refractivity contribution in [1.82, 2.24) is 4.98 Å². The maximum Gasteiger partial charge on any atom is 0.350 e. The molecule has 0 aliphatic carbocycles. The zero-order valence-electron chi connectivity index (χ0n) is 8.81. The number of methoxy groups -OCH3 is 1. The molecule has 0 saturated carbocycles. The molecule has 0 amide bonds. The van der Waals surface area contributed by atoms with Crippen molar-refractivity contribution in [2.45, 2.75) is 6.92 Å². The summed E-state index contributed by atoms with van der Waals surface area (Å²) in [7, 11) is 1.34. The average Bonchev–Trinajstić information content (AvgIpc) is 2.83. The van der Waals surface area contributed by atoms with Crippen molar-refractivity contribution in [1.29, 1.82) is 0 Å². The third-order valence-corrected chi connectivity index (χ3v) is 3.93. The number of thiophene rings is 1. The van der Waals surface area contributed by atoms with Gasteiger partial charge >= 0.3 is 5.97 Å². The number of nitrogen functional groups attached to an aromatic ring is 1. The van der Waals surface area contributed by atoms with Crippen molar-refractivity contribution < 1.29 is 9.53 Å². The fraction of sp³-hybridized carbons (Fsp3) is 0.200. The van der Waals surface area contributed by atoms with Crippen LogP contribution >= 0.6 is 22.7 Å². The summed E-state index contributed by atoms with van der Waals surface area (Å²) in [4.78, 5) is 17.0. The number of nitrogens with two attached hydrogens (primary N) is 1. The van der Waals surface area contributed by atoms with Crippen LogP contribution < -0.4 is 5.73 Å². The second-order valence-corrected chi connectivity index (χ2v) is 5.25. The van der Waals surface area contributed by atoms with E-state index in [-0.39, 0.29) is 0 Å². The molecule has 0 bridgehead atoms. The molecule has 0 unspecified atom stereocenters. The molecule has 2 heterocycles. The van der Waals surface area contributed by atoms with Gasteiger partial charge in [-0.2, -0.15) is 0 Å². The molecular weight excluding hydrogens is 244 g/mol. The number of ether oxygens (including phenoxy) is 1. The summed E-state index contributed by atoms with van der Waals surface area (Å²) in [6, 6.07) is 1.76. The van der Waals surface area contributed by atoms with Crippen LogP contribution in [0.5, 0.6) is 0 Å². The third kappa shape index (κ3) is 1.94. The second kappa shape index (κ2) is 4.23. The van der Waals surface area contributed by atoms with Crippen molar-refractivity contribution >= 4 is 34.3 Å². The highest BCUT2D eigenvalue weighted by atomic mass is 32.1. The lowest BCUT2D eigenvalue weighted by molar-refractivity contribution is 0.0607. The maximum atomic E-state index is 11.4. The van der Waals surface area contributed by atoms with E-state index >= 15 is 0 Å². The number of rotatable bonds is 2. The minimum Gasteiger partial charge on any atom is -0.465 e. The molecule has 4 nitrogen and oxygen atoms in total. The van der Waals surface area contributed by atoms with E-state index in [4.69, 9.17) is 5.73 Å². The van der Waals surface area contributed by atoms with Crippen molar-refractivity contribution in [3.63, 3.8) is 0 Å². The van der Waals surface area contributed by atoms with E-state index in [1.54, 1.807) is 17.4 Å². The van der Waals surface area contributed by atoms with Gasteiger partial charge in [-0.3, -0.25) is 0 Å². The third-order valence-electron chi connectivity index (χ3n) is 2.00. The van der Waals surface area contributed by atoms with Crippen LogP contribution in [-0.4, -0.2) is 18.1 Å². The first-order chi connectivity index (χ1) is 7.61. The van der Waals surface area contributed by atoms with Gasteiger partial charge in [-0.1, -0.05) is 0 Å². The van der Waals surface area contributed by atoms with Crippen LogP contribution in [0.2, 0.25) is 0 Å². The normalized spacial score (nSPS) is 10.4. The fourth-order valence-electron chi connectivity index (χ4n) is 1.26. The summed E-state index contributed by atoms with van der Waals surface area (Å²) in [6.07, 6.45) is 0. The summed E-state index contributed by atoms with van der Waals surface area (Å²) in [6.45, 7) is 1.94. The lowest BCUT2D eigenvalue weighted by Gasteiger charge is -1.94. The van der Waals surface area contributed by atoms with E-state index < -0.39 is 5.97 Å². The van der Waals surface area contributed by atoms with Gasteiger partial charge in [0.05, 0.1) is 28.4 Å². The molecule has 2 aromatic rings. The standard InChI is InChI=1S/C10H10N2O2S2/c1-5-12-7(4-15-5)8-3-6(11)9(16-8)10(13)14-2/h3-4H,11H2,1-2H3. The van der Waals surface area contributed by atoms with E-state index in [0.717, 1.165) is 15.6 Å². The lowest BCUT2D eigenvalue weighted by Crippen LogP contribution is -2.00. The first-order valence-electron chi connectivity index (χ1n) is 4.52. The maximum absolute atomic E-state index is 11.4. The van der Waals surface area contributed by atoms with Crippen LogP contribution in [-0.2, 0) is 4.74 Å². The Morgan fingerprint density at radius 1 is 1.56 bits per heavy atom. The van der Waals surface area contributed by atoms with Crippen LogP contribution in [0, 0.1) is 6.92 Å². The molecule has 0 aliphatic heterocycles. The largest absolute Gasteiger partial charge is 0.465 e. The number of carbonyl (C=O) groups is 1. The number of carbonyl (C=O) groups excluding carboxylic acids is 1. The van der Waals surface area contributed by atoms with Crippen molar-refractivity contribution in [3.8, 4) is 10.6 Å². The van der Waals surface area contributed by atoms with E-state index in [1.165, 1.54) is 18.4 Å². The zero-order valence-corrected chi connectivity index (χ0v) is 10.4. The number of nitrogens with zero attached hydrogens (tertiary/aromatic N) is 1. The first kappa shape index (κ1) is 11.1. The molecule has 16 heavy (non-hydrogen) atoms. The van der Waals surface area contributed by atoms with Gasteiger partial charge in [-0.05, 0) is 13.0 Å². The molecule has 0 saturated heterocycles. The van der Waals surface area contributed by atoms with Crippen LogP contribution in [0.25, 0.3) is 10.6 Å². The van der Waals surface area contributed by atoms with Gasteiger partial charge < -0.3 is 10.5 Å². The monoisotopic (exact) mass is 254 g/mol. The smallest absolute Gasteiger partial charge is 0.350 e. The quantitative estimate of drug-likeness (QED) is 0.836. The molecule has 2 rings (SSSR count). The topological polar surface area (TPSA) is 65.2 Å². The van der Waals surface area contributed by atoms with Gasteiger partial charge in [-0.15, -0.1) is 22.7 Å². The van der Waals surface area contributed by atoms with Gasteiger partial charge in [0.15, 0.2) is 0 Å². The molecule has 0 spiro atoms. The molecule has 0 aliphatic rings. The summed E-state index contributed by atoms with van der Waals surface area (Å²) in [5.41, 5.74) is 7.05. The average molecular weight is 254 g/mol. The summed E-state index contributed by atoms with van der Waals surface area (Å²) < 4.78 is 4.65. The molecular formula is C10H10N2O2S2. The van der Waals surface area contributed by atoms with Crippen molar-refractivity contribution in [2.24, 2.45) is 0 Å². The predicted molar refractivity (Wildman–Crippen MR) is 65.9 cm³/mol. The SMILES string of the molecule is COC(=O)c1sc(-c2csc(C)n2)cc1N. The minimum absolute atomic E-state index is 0.402.